The van der Waals surface area contributed by atoms with Crippen molar-refractivity contribution in [3.63, 3.8) is 0 Å². The summed E-state index contributed by atoms with van der Waals surface area (Å²) in [5.41, 5.74) is 0. The summed E-state index contributed by atoms with van der Waals surface area (Å²) in [7, 11) is 6.42. The molecule has 0 aliphatic rings. The Kier molecular flexibility index (Phi) is 9.35. The third-order valence-corrected chi connectivity index (χ3v) is 2.18. The van der Waals surface area contributed by atoms with Gasteiger partial charge in [0.25, 0.3) is 0 Å². The highest BCUT2D eigenvalue weighted by atomic mass is 16.5. The van der Waals surface area contributed by atoms with Gasteiger partial charge in [-0.2, -0.15) is 0 Å². The molecule has 0 heterocycles. The van der Waals surface area contributed by atoms with Crippen molar-refractivity contribution < 1.29 is 4.74 Å². The van der Waals surface area contributed by atoms with Crippen molar-refractivity contribution in [2.45, 2.75) is 19.8 Å². The number of rotatable bonds is 9. The first-order valence-corrected chi connectivity index (χ1v) is 5.57. The lowest BCUT2D eigenvalue weighted by Gasteiger charge is -2.17. The molecule has 0 spiro atoms. The van der Waals surface area contributed by atoms with E-state index >= 15 is 0 Å². The van der Waals surface area contributed by atoms with Crippen LogP contribution in [-0.2, 0) is 4.74 Å². The molecule has 0 aromatic heterocycles. The Morgan fingerprint density at radius 2 is 1.57 bits per heavy atom. The zero-order valence-corrected chi connectivity index (χ0v) is 10.3. The summed E-state index contributed by atoms with van der Waals surface area (Å²) in [4.78, 5) is 4.61. The zero-order valence-electron chi connectivity index (χ0n) is 10.3. The highest BCUT2D eigenvalue weighted by molar-refractivity contribution is 4.53. The molecule has 0 radical (unpaired) electrons. The van der Waals surface area contributed by atoms with E-state index in [1.807, 2.05) is 6.92 Å². The second kappa shape index (κ2) is 9.44. The Bertz CT molecular complexity index is 118. The molecule has 0 saturated heterocycles. The first-order valence-electron chi connectivity index (χ1n) is 5.57. The third-order valence-electron chi connectivity index (χ3n) is 2.18. The predicted octanol–water partition coefficient (Wildman–Crippen LogP) is 1.30. The normalized spacial score (nSPS) is 11.6. The van der Waals surface area contributed by atoms with E-state index in [4.69, 9.17) is 4.74 Å². The van der Waals surface area contributed by atoms with Gasteiger partial charge in [-0.3, -0.25) is 0 Å². The van der Waals surface area contributed by atoms with Crippen LogP contribution in [0.3, 0.4) is 0 Å². The summed E-state index contributed by atoms with van der Waals surface area (Å²) in [5.74, 6) is 0. The quantitative estimate of drug-likeness (QED) is 0.524. The van der Waals surface area contributed by atoms with E-state index in [0.29, 0.717) is 0 Å². The van der Waals surface area contributed by atoms with E-state index in [9.17, 15) is 0 Å². The van der Waals surface area contributed by atoms with Gasteiger partial charge in [0.2, 0.25) is 0 Å². The highest BCUT2D eigenvalue weighted by Gasteiger charge is 1.98. The second-order valence-electron chi connectivity index (χ2n) is 4.01. The maximum atomic E-state index is 5.29. The predicted molar refractivity (Wildman–Crippen MR) is 61.8 cm³/mol. The van der Waals surface area contributed by atoms with Gasteiger partial charge in [0.05, 0.1) is 0 Å². The van der Waals surface area contributed by atoms with Crippen molar-refractivity contribution in [2.75, 3.05) is 54.0 Å². The molecule has 0 fully saturated rings. The molecule has 0 aliphatic carbocycles. The number of ether oxygens (including phenoxy) is 1. The van der Waals surface area contributed by atoms with Crippen LogP contribution in [0.15, 0.2) is 0 Å². The maximum absolute atomic E-state index is 5.29. The van der Waals surface area contributed by atoms with Gasteiger partial charge in [-0.05, 0) is 54.0 Å². The van der Waals surface area contributed by atoms with Gasteiger partial charge in [-0.1, -0.05) is 0 Å². The van der Waals surface area contributed by atoms with Crippen LogP contribution < -0.4 is 0 Å². The minimum atomic E-state index is 0.838. The van der Waals surface area contributed by atoms with E-state index < -0.39 is 0 Å². The fourth-order valence-corrected chi connectivity index (χ4v) is 1.35. The van der Waals surface area contributed by atoms with E-state index in [0.717, 1.165) is 26.2 Å². The zero-order chi connectivity index (χ0) is 10.8. The van der Waals surface area contributed by atoms with Gasteiger partial charge in [-0.15, -0.1) is 0 Å². The molecule has 0 aromatic carbocycles. The molecule has 0 N–H and O–H groups in total. The van der Waals surface area contributed by atoms with Crippen molar-refractivity contribution in [2.24, 2.45) is 0 Å². The van der Waals surface area contributed by atoms with Crippen LogP contribution >= 0.6 is 0 Å². The van der Waals surface area contributed by atoms with Gasteiger partial charge >= 0.3 is 0 Å². The Hall–Kier alpha value is -0.120. The molecule has 0 rings (SSSR count). The van der Waals surface area contributed by atoms with Crippen LogP contribution in [0.4, 0.5) is 0 Å². The molecule has 0 atom stereocenters. The monoisotopic (exact) mass is 202 g/mol. The topological polar surface area (TPSA) is 15.7 Å². The minimum Gasteiger partial charge on any atom is -0.382 e. The molecule has 14 heavy (non-hydrogen) atoms. The van der Waals surface area contributed by atoms with Gasteiger partial charge in [0.15, 0.2) is 0 Å². The lowest BCUT2D eigenvalue weighted by molar-refractivity contribution is 0.135. The summed E-state index contributed by atoms with van der Waals surface area (Å²) in [5, 5.41) is 0. The fraction of sp³-hybridized carbons (Fsp3) is 1.00. The Morgan fingerprint density at radius 1 is 0.929 bits per heavy atom. The Morgan fingerprint density at radius 3 is 2.14 bits per heavy atom. The number of nitrogens with zero attached hydrogens (tertiary/aromatic N) is 2. The van der Waals surface area contributed by atoms with E-state index in [2.05, 4.69) is 30.9 Å². The number of hydrogen-bond acceptors (Lipinski definition) is 3. The average molecular weight is 202 g/mol. The lowest BCUT2D eigenvalue weighted by atomic mass is 10.3. The van der Waals surface area contributed by atoms with Crippen molar-refractivity contribution in [1.29, 1.82) is 0 Å². The van der Waals surface area contributed by atoms with E-state index in [1.165, 1.54) is 19.5 Å². The second-order valence-corrected chi connectivity index (χ2v) is 4.01. The SMILES string of the molecule is CCOCCCN(C)CCCN(C)C. The molecule has 0 amide bonds. The molecule has 3 nitrogen and oxygen atoms in total. The van der Waals surface area contributed by atoms with Crippen LogP contribution in [0.1, 0.15) is 19.8 Å². The van der Waals surface area contributed by atoms with Crippen molar-refractivity contribution >= 4 is 0 Å². The maximum Gasteiger partial charge on any atom is 0.0478 e. The molecule has 3 heteroatoms. The summed E-state index contributed by atoms with van der Waals surface area (Å²) in [6.07, 6.45) is 2.39. The van der Waals surface area contributed by atoms with Crippen molar-refractivity contribution in [1.82, 2.24) is 9.80 Å². The molecule has 0 aliphatic heterocycles. The van der Waals surface area contributed by atoms with Crippen LogP contribution in [-0.4, -0.2) is 63.8 Å². The van der Waals surface area contributed by atoms with Crippen LogP contribution in [0.25, 0.3) is 0 Å². The largest absolute Gasteiger partial charge is 0.382 e. The summed E-state index contributed by atoms with van der Waals surface area (Å²) < 4.78 is 5.29. The molecule has 0 aromatic rings. The molecule has 86 valence electrons. The molecule has 0 unspecified atom stereocenters. The molecule has 0 bridgehead atoms. The summed E-state index contributed by atoms with van der Waals surface area (Å²) in [6.45, 7) is 7.28. The summed E-state index contributed by atoms with van der Waals surface area (Å²) >= 11 is 0. The van der Waals surface area contributed by atoms with Crippen LogP contribution in [0.5, 0.6) is 0 Å². The third kappa shape index (κ3) is 9.96. The standard InChI is InChI=1S/C11H26N2O/c1-5-14-11-7-10-13(4)9-6-8-12(2)3/h5-11H2,1-4H3. The van der Waals surface area contributed by atoms with Gasteiger partial charge in [0.1, 0.15) is 0 Å². The highest BCUT2D eigenvalue weighted by Crippen LogP contribution is 1.92. The fourth-order valence-electron chi connectivity index (χ4n) is 1.35. The Balaban J connectivity index is 3.15. The van der Waals surface area contributed by atoms with Crippen molar-refractivity contribution in [3.8, 4) is 0 Å². The smallest absolute Gasteiger partial charge is 0.0478 e. The van der Waals surface area contributed by atoms with E-state index in [1.54, 1.807) is 0 Å². The first kappa shape index (κ1) is 13.9. The minimum absolute atomic E-state index is 0.838. The van der Waals surface area contributed by atoms with Gasteiger partial charge < -0.3 is 14.5 Å². The number of hydrogen-bond donors (Lipinski definition) is 0. The van der Waals surface area contributed by atoms with Gasteiger partial charge in [-0.25, -0.2) is 0 Å². The van der Waals surface area contributed by atoms with Gasteiger partial charge in [0, 0.05) is 19.8 Å². The average Bonchev–Trinajstić information content (AvgIpc) is 2.12. The van der Waals surface area contributed by atoms with E-state index in [-0.39, 0.29) is 0 Å². The van der Waals surface area contributed by atoms with Crippen LogP contribution in [0.2, 0.25) is 0 Å². The van der Waals surface area contributed by atoms with Crippen LogP contribution in [0, 0.1) is 0 Å². The first-order chi connectivity index (χ1) is 6.66. The lowest BCUT2D eigenvalue weighted by Crippen LogP contribution is -2.25. The molecular weight excluding hydrogens is 176 g/mol. The summed E-state index contributed by atoms with van der Waals surface area (Å²) in [6, 6.07) is 0. The molecular formula is C11H26N2O. The molecule has 0 saturated carbocycles. The Labute approximate surface area is 89.0 Å². The van der Waals surface area contributed by atoms with Crippen molar-refractivity contribution in [3.05, 3.63) is 0 Å².